The second-order valence-electron chi connectivity index (χ2n) is 24.6. The van der Waals surface area contributed by atoms with Gasteiger partial charge in [0.2, 0.25) is 12.6 Å². The fourth-order valence-electron chi connectivity index (χ4n) is 9.42. The summed E-state index contributed by atoms with van der Waals surface area (Å²) in [4.78, 5) is 64.9. The molecule has 0 aliphatic heterocycles. The van der Waals surface area contributed by atoms with Gasteiger partial charge in [0.15, 0.2) is 16.9 Å². The van der Waals surface area contributed by atoms with E-state index < -0.39 is 5.54 Å². The molecule has 432 valence electrons. The fraction of sp³-hybridized carbons (Fsp3) is 0.394. The maximum atomic E-state index is 12.7. The van der Waals surface area contributed by atoms with Crippen LogP contribution in [-0.2, 0) is 52.9 Å². The van der Waals surface area contributed by atoms with E-state index in [-0.39, 0.29) is 53.3 Å². The molecule has 0 aliphatic rings. The minimum Gasteiger partial charge on any atom is -0.312 e. The molecular formula is C66H78IN13O3. The molecule has 9 aromatic rings. The maximum absolute atomic E-state index is 12.7. The van der Waals surface area contributed by atoms with E-state index in [4.69, 9.17) is 29.7 Å². The zero-order valence-electron chi connectivity index (χ0n) is 50.1. The molecule has 0 saturated heterocycles. The van der Waals surface area contributed by atoms with Gasteiger partial charge in [-0.1, -0.05) is 135 Å². The number of halogens is 1. The molecule has 3 aromatic carbocycles. The van der Waals surface area contributed by atoms with Gasteiger partial charge in [0.05, 0.1) is 45.3 Å². The third-order valence-corrected chi connectivity index (χ3v) is 13.6. The highest BCUT2D eigenvalue weighted by atomic mass is 127. The minimum absolute atomic E-state index is 0. The van der Waals surface area contributed by atoms with Crippen LogP contribution in [0.3, 0.4) is 0 Å². The number of nitriles is 1. The quantitative estimate of drug-likeness (QED) is 0.0791. The number of alkyl halides is 1. The first-order chi connectivity index (χ1) is 38.5. The fourth-order valence-corrected chi connectivity index (χ4v) is 9.42. The van der Waals surface area contributed by atoms with Crippen LogP contribution in [0.2, 0.25) is 0 Å². The molecule has 83 heavy (non-hydrogen) atoms. The zero-order chi connectivity index (χ0) is 60.8. The Morgan fingerprint density at radius 1 is 0.566 bits per heavy atom. The SMILES string of the molecule is C.CI.[C-]#[N+]C(C)(C)c1cccc(-c2ccc3c(n2)n(C)c(=O)n3CC(C)(C)C)c1.[C-]#[N+]C(C)c1cccc(-c2ccc3c(n2)n(C)c(=O)n3CC(C)(C)C)c1.[C-]#[N+]Cc1ccc(C#N)c(-c2ccc3c(n2)n(C)c(=O)n3CC(C)(C)C)c1. The Bertz CT molecular complexity index is 4190. The van der Waals surface area contributed by atoms with Crippen LogP contribution in [0.1, 0.15) is 119 Å². The highest BCUT2D eigenvalue weighted by molar-refractivity contribution is 14.1. The van der Waals surface area contributed by atoms with E-state index in [1.54, 1.807) is 60.7 Å². The Morgan fingerprint density at radius 2 is 0.976 bits per heavy atom. The lowest BCUT2D eigenvalue weighted by Crippen LogP contribution is -2.27. The molecule has 0 fully saturated rings. The average Bonchev–Trinajstić information content (AvgIpc) is 4.18. The molecule has 16 nitrogen and oxygen atoms in total. The number of aromatic nitrogens is 9. The summed E-state index contributed by atoms with van der Waals surface area (Å²) < 4.78 is 10.1. The molecule has 0 N–H and O–H groups in total. The molecule has 6 aromatic heterocycles. The van der Waals surface area contributed by atoms with Crippen molar-refractivity contribution in [2.24, 2.45) is 37.4 Å². The summed E-state index contributed by atoms with van der Waals surface area (Å²) in [6.45, 7) is 48.5. The smallest absolute Gasteiger partial charge is 0.312 e. The Morgan fingerprint density at radius 3 is 1.37 bits per heavy atom. The Hall–Kier alpha value is -8.39. The summed E-state index contributed by atoms with van der Waals surface area (Å²) in [7, 11) is 5.23. The number of pyridine rings is 3. The van der Waals surface area contributed by atoms with Gasteiger partial charge >= 0.3 is 17.1 Å². The van der Waals surface area contributed by atoms with Crippen LogP contribution >= 0.6 is 22.6 Å². The zero-order valence-corrected chi connectivity index (χ0v) is 52.3. The van der Waals surface area contributed by atoms with Crippen LogP contribution in [0.5, 0.6) is 0 Å². The molecule has 0 saturated carbocycles. The van der Waals surface area contributed by atoms with E-state index in [0.717, 1.165) is 55.8 Å². The molecule has 0 bridgehead atoms. The van der Waals surface area contributed by atoms with Gasteiger partial charge in [-0.05, 0) is 81.8 Å². The monoisotopic (exact) mass is 1230 g/mol. The van der Waals surface area contributed by atoms with Gasteiger partial charge in [-0.2, -0.15) is 5.26 Å². The van der Waals surface area contributed by atoms with E-state index in [1.807, 2.05) is 117 Å². The van der Waals surface area contributed by atoms with E-state index >= 15 is 0 Å². The van der Waals surface area contributed by atoms with E-state index in [0.29, 0.717) is 53.4 Å². The van der Waals surface area contributed by atoms with Crippen molar-refractivity contribution in [2.45, 2.75) is 128 Å². The van der Waals surface area contributed by atoms with E-state index in [1.165, 1.54) is 0 Å². The molecule has 0 aliphatic carbocycles. The third-order valence-electron chi connectivity index (χ3n) is 13.6. The molecule has 17 heteroatoms. The summed E-state index contributed by atoms with van der Waals surface area (Å²) in [6, 6.07) is 34.7. The van der Waals surface area contributed by atoms with Crippen LogP contribution in [-0.4, -0.2) is 47.3 Å². The topological polar surface area (TPSA) is 156 Å². The Labute approximate surface area is 502 Å². The van der Waals surface area contributed by atoms with Crippen molar-refractivity contribution in [3.63, 3.8) is 0 Å². The Balaban J connectivity index is 0.000000223. The first kappa shape index (κ1) is 65.4. The van der Waals surface area contributed by atoms with Crippen molar-refractivity contribution < 1.29 is 0 Å². The number of nitrogens with zero attached hydrogens (tertiary/aromatic N) is 13. The summed E-state index contributed by atoms with van der Waals surface area (Å²) in [5.74, 6) is 0. The lowest BCUT2D eigenvalue weighted by atomic mass is 9.93. The second kappa shape index (κ2) is 26.2. The predicted octanol–water partition coefficient (Wildman–Crippen LogP) is 14.5. The van der Waals surface area contributed by atoms with Crippen LogP contribution in [0.15, 0.2) is 118 Å². The van der Waals surface area contributed by atoms with Crippen molar-refractivity contribution >= 4 is 56.1 Å². The van der Waals surface area contributed by atoms with Crippen LogP contribution < -0.4 is 17.1 Å². The number of imidazole rings is 3. The van der Waals surface area contributed by atoms with Crippen LogP contribution in [0, 0.1) is 47.3 Å². The minimum atomic E-state index is -0.580. The standard InChI is InChI=1S/C22H26N4O.C21H21N5O.C21H24N4O.CH3I.CH4/c1-21(2,3)14-26-18-12-11-17(24-19(18)25(7)20(26)27)15-9-8-10-16(13-15)22(4,5)23-6;1-21(2,3)13-26-18-9-8-17(24-19(18)25(5)20(26)27)16-10-14(12-23-4)6-7-15(16)11-22;1-14(22-5)15-8-7-9-16(12-15)17-10-11-18-19(23-17)24(6)20(26)25(18)13-21(2,3)4;1-2;/h8-13H,14H2,1-5,7H3;6-10H,12-13H2,1-3,5H3;7-12,14H,13H2,1-4,6H3;1H3;1H4. The summed E-state index contributed by atoms with van der Waals surface area (Å²) in [5.41, 5.74) is 11.6. The van der Waals surface area contributed by atoms with Gasteiger partial charge < -0.3 is 14.5 Å². The van der Waals surface area contributed by atoms with Gasteiger partial charge in [-0.15, -0.1) is 0 Å². The molecule has 0 spiro atoms. The summed E-state index contributed by atoms with van der Waals surface area (Å²) in [5, 5.41) is 9.45. The average molecular weight is 1230 g/mol. The van der Waals surface area contributed by atoms with Crippen molar-refractivity contribution in [3.05, 3.63) is 191 Å². The van der Waals surface area contributed by atoms with Crippen LogP contribution in [0.4, 0.5) is 0 Å². The number of hydrogen-bond donors (Lipinski definition) is 0. The van der Waals surface area contributed by atoms with Crippen molar-refractivity contribution in [2.75, 3.05) is 4.93 Å². The number of fused-ring (bicyclic) bond motifs is 3. The molecular weight excluding hydrogens is 1150 g/mol. The largest absolute Gasteiger partial charge is 0.330 e. The van der Waals surface area contributed by atoms with Crippen molar-refractivity contribution in [1.29, 1.82) is 5.26 Å². The molecule has 1 atom stereocenters. The molecule has 0 radical (unpaired) electrons. The number of rotatable bonds is 9. The lowest BCUT2D eigenvalue weighted by molar-refractivity contribution is 0.342. The van der Waals surface area contributed by atoms with Gasteiger partial charge in [0, 0.05) is 94.9 Å². The number of benzene rings is 3. The summed E-state index contributed by atoms with van der Waals surface area (Å²) in [6.07, 6.45) is 0. The first-order valence-electron chi connectivity index (χ1n) is 26.9. The van der Waals surface area contributed by atoms with Gasteiger partial charge in [-0.25, -0.2) is 49.1 Å². The molecule has 0 amide bonds. The maximum Gasteiger partial charge on any atom is 0.330 e. The van der Waals surface area contributed by atoms with E-state index in [9.17, 15) is 19.6 Å². The van der Waals surface area contributed by atoms with Crippen molar-refractivity contribution in [1.82, 2.24) is 42.4 Å². The van der Waals surface area contributed by atoms with Crippen molar-refractivity contribution in [3.8, 4) is 39.8 Å². The molecule has 1 unspecified atom stereocenters. The lowest BCUT2D eigenvalue weighted by Gasteiger charge is -2.18. The van der Waals surface area contributed by atoms with E-state index in [2.05, 4.69) is 110 Å². The number of aryl methyl sites for hydroxylation is 3. The highest BCUT2D eigenvalue weighted by Gasteiger charge is 2.27. The summed E-state index contributed by atoms with van der Waals surface area (Å²) >= 11 is 2.15. The van der Waals surface area contributed by atoms with Crippen LogP contribution in [0.25, 0.3) is 81.8 Å². The molecule has 9 rings (SSSR count). The number of hydrogen-bond acceptors (Lipinski definition) is 7. The predicted molar refractivity (Wildman–Crippen MR) is 346 cm³/mol. The second-order valence-corrected chi connectivity index (χ2v) is 24.6. The Kier molecular flexibility index (Phi) is 20.7. The van der Waals surface area contributed by atoms with Gasteiger partial charge in [0.25, 0.3) is 5.54 Å². The van der Waals surface area contributed by atoms with Gasteiger partial charge in [-0.3, -0.25) is 27.4 Å². The third kappa shape index (κ3) is 15.0. The first-order valence-corrected chi connectivity index (χ1v) is 29.0. The normalized spacial score (nSPS) is 11.8. The van der Waals surface area contributed by atoms with Gasteiger partial charge in [0.1, 0.15) is 0 Å². The highest BCUT2D eigenvalue weighted by Crippen LogP contribution is 2.32. The molecule has 6 heterocycles.